The Hall–Kier alpha value is -1.36. The summed E-state index contributed by atoms with van der Waals surface area (Å²) in [7, 11) is 2.20. The molecule has 2 rings (SSSR count). The third-order valence-electron chi connectivity index (χ3n) is 3.40. The van der Waals surface area contributed by atoms with Crippen molar-refractivity contribution in [1.29, 1.82) is 0 Å². The number of nitrogens with zero attached hydrogens (tertiary/aromatic N) is 3. The Morgan fingerprint density at radius 1 is 1.37 bits per heavy atom. The van der Waals surface area contributed by atoms with Crippen LogP contribution in [0.15, 0.2) is 12.4 Å². The maximum atomic E-state index is 4.27. The number of hydrogen-bond donors (Lipinski definition) is 2. The average molecular weight is 263 g/mol. The van der Waals surface area contributed by atoms with Crippen molar-refractivity contribution in [3.63, 3.8) is 0 Å². The Labute approximate surface area is 115 Å². The Kier molecular flexibility index (Phi) is 4.96. The molecular weight excluding hydrogens is 238 g/mol. The highest BCUT2D eigenvalue weighted by molar-refractivity contribution is 5.46. The van der Waals surface area contributed by atoms with E-state index in [0.717, 1.165) is 24.1 Å². The van der Waals surface area contributed by atoms with Gasteiger partial charge in [-0.2, -0.15) is 0 Å². The summed E-state index contributed by atoms with van der Waals surface area (Å²) in [6.07, 6.45) is 4.21. The van der Waals surface area contributed by atoms with Gasteiger partial charge in [0.2, 0.25) is 0 Å². The van der Waals surface area contributed by atoms with Crippen molar-refractivity contribution in [1.82, 2.24) is 14.9 Å². The number of hydrogen-bond acceptors (Lipinski definition) is 5. The monoisotopic (exact) mass is 263 g/mol. The standard InChI is InChI=1S/C14H25N5/c1-11(2)18-14-7-13(16-10-17-14)15-8-12-5-4-6-19(3)9-12/h7,10-12H,4-6,8-9H2,1-3H3,(H2,15,16,17,18). The lowest BCUT2D eigenvalue weighted by atomic mass is 9.98. The van der Waals surface area contributed by atoms with Gasteiger partial charge in [0.15, 0.2) is 0 Å². The first kappa shape index (κ1) is 14.1. The molecule has 1 atom stereocenters. The fraction of sp³-hybridized carbons (Fsp3) is 0.714. The first-order valence-corrected chi connectivity index (χ1v) is 7.14. The summed E-state index contributed by atoms with van der Waals surface area (Å²) in [6.45, 7) is 7.60. The van der Waals surface area contributed by atoms with E-state index in [4.69, 9.17) is 0 Å². The first-order valence-electron chi connectivity index (χ1n) is 7.14. The predicted octanol–water partition coefficient (Wildman–Crippen LogP) is 2.05. The predicted molar refractivity (Wildman–Crippen MR) is 79.5 cm³/mol. The summed E-state index contributed by atoms with van der Waals surface area (Å²) in [5.41, 5.74) is 0. The smallest absolute Gasteiger partial charge is 0.131 e. The number of rotatable bonds is 5. The second-order valence-corrected chi connectivity index (χ2v) is 5.74. The molecule has 2 N–H and O–H groups in total. The molecule has 2 heterocycles. The largest absolute Gasteiger partial charge is 0.370 e. The maximum Gasteiger partial charge on any atom is 0.131 e. The van der Waals surface area contributed by atoms with Gasteiger partial charge in [0.25, 0.3) is 0 Å². The highest BCUT2D eigenvalue weighted by Gasteiger charge is 2.16. The molecule has 1 aromatic rings. The molecule has 0 radical (unpaired) electrons. The van der Waals surface area contributed by atoms with Crippen molar-refractivity contribution in [3.8, 4) is 0 Å². The first-order chi connectivity index (χ1) is 9.13. The van der Waals surface area contributed by atoms with E-state index >= 15 is 0 Å². The summed E-state index contributed by atoms with van der Waals surface area (Å²) in [6, 6.07) is 2.36. The molecule has 1 saturated heterocycles. The van der Waals surface area contributed by atoms with E-state index in [0.29, 0.717) is 6.04 Å². The second-order valence-electron chi connectivity index (χ2n) is 5.74. The molecule has 0 amide bonds. The molecular formula is C14H25N5. The van der Waals surface area contributed by atoms with Gasteiger partial charge in [-0.05, 0) is 46.2 Å². The van der Waals surface area contributed by atoms with Crippen molar-refractivity contribution in [2.75, 3.05) is 37.3 Å². The van der Waals surface area contributed by atoms with E-state index in [1.54, 1.807) is 6.33 Å². The molecule has 1 aromatic heterocycles. The van der Waals surface area contributed by atoms with Gasteiger partial charge in [-0.25, -0.2) is 9.97 Å². The van der Waals surface area contributed by atoms with Gasteiger partial charge in [-0.15, -0.1) is 0 Å². The SMILES string of the molecule is CC(C)Nc1cc(NCC2CCCN(C)C2)ncn1. The summed E-state index contributed by atoms with van der Waals surface area (Å²) in [5.74, 6) is 2.51. The van der Waals surface area contributed by atoms with Crippen LogP contribution in [0.25, 0.3) is 0 Å². The van der Waals surface area contributed by atoms with Gasteiger partial charge in [0.1, 0.15) is 18.0 Å². The fourth-order valence-corrected chi connectivity index (χ4v) is 2.52. The van der Waals surface area contributed by atoms with Gasteiger partial charge in [0, 0.05) is 25.2 Å². The molecule has 1 fully saturated rings. The Bertz CT molecular complexity index is 393. The van der Waals surface area contributed by atoms with Crippen molar-refractivity contribution >= 4 is 11.6 Å². The molecule has 5 heteroatoms. The zero-order valence-corrected chi connectivity index (χ0v) is 12.2. The van der Waals surface area contributed by atoms with Crippen LogP contribution in [-0.2, 0) is 0 Å². The van der Waals surface area contributed by atoms with E-state index < -0.39 is 0 Å². The molecule has 1 aliphatic heterocycles. The minimum absolute atomic E-state index is 0.384. The van der Waals surface area contributed by atoms with Crippen LogP contribution < -0.4 is 10.6 Å². The lowest BCUT2D eigenvalue weighted by Gasteiger charge is -2.29. The normalized spacial score (nSPS) is 20.5. The van der Waals surface area contributed by atoms with E-state index in [1.165, 1.54) is 25.9 Å². The van der Waals surface area contributed by atoms with Crippen molar-refractivity contribution < 1.29 is 0 Å². The van der Waals surface area contributed by atoms with Crippen LogP contribution in [0.4, 0.5) is 11.6 Å². The third kappa shape index (κ3) is 4.67. The lowest BCUT2D eigenvalue weighted by molar-refractivity contribution is 0.217. The van der Waals surface area contributed by atoms with E-state index in [9.17, 15) is 0 Å². The molecule has 0 aromatic carbocycles. The summed E-state index contributed by atoms with van der Waals surface area (Å²) in [4.78, 5) is 10.9. The molecule has 5 nitrogen and oxygen atoms in total. The van der Waals surface area contributed by atoms with Gasteiger partial charge < -0.3 is 15.5 Å². The zero-order valence-electron chi connectivity index (χ0n) is 12.2. The maximum absolute atomic E-state index is 4.27. The van der Waals surface area contributed by atoms with Crippen LogP contribution in [0.3, 0.4) is 0 Å². The highest BCUT2D eigenvalue weighted by atomic mass is 15.1. The quantitative estimate of drug-likeness (QED) is 0.851. The zero-order chi connectivity index (χ0) is 13.7. The Morgan fingerprint density at radius 2 is 2.16 bits per heavy atom. The van der Waals surface area contributed by atoms with E-state index in [1.807, 2.05) is 6.07 Å². The van der Waals surface area contributed by atoms with Gasteiger partial charge in [-0.3, -0.25) is 0 Å². The van der Waals surface area contributed by atoms with Crippen LogP contribution >= 0.6 is 0 Å². The molecule has 106 valence electrons. The molecule has 19 heavy (non-hydrogen) atoms. The van der Waals surface area contributed by atoms with Crippen LogP contribution in [0.5, 0.6) is 0 Å². The van der Waals surface area contributed by atoms with Crippen LogP contribution in [0.1, 0.15) is 26.7 Å². The summed E-state index contributed by atoms with van der Waals surface area (Å²) >= 11 is 0. The van der Waals surface area contributed by atoms with Crippen molar-refractivity contribution in [2.45, 2.75) is 32.7 Å². The number of aromatic nitrogens is 2. The molecule has 0 saturated carbocycles. The third-order valence-corrected chi connectivity index (χ3v) is 3.40. The number of piperidine rings is 1. The van der Waals surface area contributed by atoms with E-state index in [-0.39, 0.29) is 0 Å². The minimum Gasteiger partial charge on any atom is -0.370 e. The number of nitrogens with one attached hydrogen (secondary N) is 2. The highest BCUT2D eigenvalue weighted by Crippen LogP contribution is 2.16. The lowest BCUT2D eigenvalue weighted by Crippen LogP contribution is -2.35. The van der Waals surface area contributed by atoms with Crippen LogP contribution in [0.2, 0.25) is 0 Å². The molecule has 0 spiro atoms. The second kappa shape index (κ2) is 6.70. The summed E-state index contributed by atoms with van der Waals surface area (Å²) < 4.78 is 0. The average Bonchev–Trinajstić information content (AvgIpc) is 2.36. The fourth-order valence-electron chi connectivity index (χ4n) is 2.52. The van der Waals surface area contributed by atoms with Gasteiger partial charge in [-0.1, -0.05) is 0 Å². The van der Waals surface area contributed by atoms with Crippen LogP contribution in [-0.4, -0.2) is 47.6 Å². The Balaban J connectivity index is 1.85. The summed E-state index contributed by atoms with van der Waals surface area (Å²) in [5, 5.41) is 6.72. The molecule has 0 bridgehead atoms. The van der Waals surface area contributed by atoms with Crippen molar-refractivity contribution in [3.05, 3.63) is 12.4 Å². The minimum atomic E-state index is 0.384. The number of anilines is 2. The Morgan fingerprint density at radius 3 is 2.89 bits per heavy atom. The molecule has 0 aliphatic carbocycles. The number of likely N-dealkylation sites (tertiary alicyclic amines) is 1. The molecule has 1 aliphatic rings. The van der Waals surface area contributed by atoms with Gasteiger partial charge >= 0.3 is 0 Å². The topological polar surface area (TPSA) is 53.1 Å². The van der Waals surface area contributed by atoms with Crippen molar-refractivity contribution in [2.24, 2.45) is 5.92 Å². The molecule has 1 unspecified atom stereocenters. The van der Waals surface area contributed by atoms with Gasteiger partial charge in [0.05, 0.1) is 0 Å². The van der Waals surface area contributed by atoms with E-state index in [2.05, 4.69) is 46.4 Å². The van der Waals surface area contributed by atoms with Crippen LogP contribution in [0, 0.1) is 5.92 Å².